The van der Waals surface area contributed by atoms with E-state index in [1.165, 1.54) is 11.8 Å². The van der Waals surface area contributed by atoms with E-state index in [4.69, 9.17) is 0 Å². The van der Waals surface area contributed by atoms with Gasteiger partial charge in [0.25, 0.3) is 0 Å². The first-order valence-corrected chi connectivity index (χ1v) is 11.4. The third-order valence-electron chi connectivity index (χ3n) is 4.83. The van der Waals surface area contributed by atoms with Gasteiger partial charge in [-0.15, -0.1) is 11.8 Å². The van der Waals surface area contributed by atoms with Crippen molar-refractivity contribution >= 4 is 29.3 Å². The summed E-state index contributed by atoms with van der Waals surface area (Å²) in [5.41, 5.74) is 4.94. The Morgan fingerprint density at radius 1 is 1.06 bits per heavy atom. The van der Waals surface area contributed by atoms with Crippen LogP contribution in [0, 0.1) is 6.92 Å². The molecule has 0 atom stereocenters. The van der Waals surface area contributed by atoms with Gasteiger partial charge in [-0.3, -0.25) is 14.7 Å². The van der Waals surface area contributed by atoms with Crippen molar-refractivity contribution < 1.29 is 9.59 Å². The number of aromatic nitrogens is 2. The first-order chi connectivity index (χ1) is 15.0. The minimum absolute atomic E-state index is 0.0305. The van der Waals surface area contributed by atoms with Crippen molar-refractivity contribution in [1.82, 2.24) is 15.1 Å². The van der Waals surface area contributed by atoms with Crippen LogP contribution < -0.4 is 5.32 Å². The number of aryl methyl sites for hydroxylation is 2. The maximum Gasteiger partial charge on any atom is 0.234 e. The van der Waals surface area contributed by atoms with Gasteiger partial charge < -0.3 is 10.2 Å². The fourth-order valence-corrected chi connectivity index (χ4v) is 3.89. The highest BCUT2D eigenvalue weighted by Gasteiger charge is 2.11. The molecule has 3 rings (SSSR count). The summed E-state index contributed by atoms with van der Waals surface area (Å²) in [5, 5.41) is 10.3. The molecule has 0 saturated heterocycles. The standard InChI is InChI=1S/C24H28N4O2S/c1-18-8-6-11-20(14-18)25-23(29)16-31-17-24(30)28(2)13-7-12-21-15-22(27-26-21)19-9-4-3-5-10-19/h3-6,8-11,14-15H,7,12-13,16-17H2,1-2H3,(H,25,29)(H,26,27). The Morgan fingerprint density at radius 2 is 1.87 bits per heavy atom. The average molecular weight is 437 g/mol. The highest BCUT2D eigenvalue weighted by atomic mass is 32.2. The molecule has 0 saturated carbocycles. The van der Waals surface area contributed by atoms with Crippen LogP contribution in [0.4, 0.5) is 5.69 Å². The van der Waals surface area contributed by atoms with E-state index in [9.17, 15) is 9.59 Å². The number of carbonyl (C=O) groups is 2. The summed E-state index contributed by atoms with van der Waals surface area (Å²) in [6.07, 6.45) is 1.67. The molecule has 162 valence electrons. The predicted octanol–water partition coefficient (Wildman–Crippen LogP) is 4.15. The van der Waals surface area contributed by atoms with Gasteiger partial charge in [0.15, 0.2) is 0 Å². The van der Waals surface area contributed by atoms with Gasteiger partial charge in [0.1, 0.15) is 0 Å². The van der Waals surface area contributed by atoms with E-state index in [1.54, 1.807) is 11.9 Å². The van der Waals surface area contributed by atoms with Gasteiger partial charge in [-0.25, -0.2) is 0 Å². The maximum absolute atomic E-state index is 12.3. The van der Waals surface area contributed by atoms with E-state index in [-0.39, 0.29) is 17.6 Å². The SMILES string of the molecule is Cc1cccc(NC(=O)CSCC(=O)N(C)CCCc2cc(-c3ccccc3)n[nH]2)c1. The number of hydrogen-bond donors (Lipinski definition) is 2. The normalized spacial score (nSPS) is 10.6. The Balaban J connectivity index is 1.33. The number of amides is 2. The molecular formula is C24H28N4O2S. The van der Waals surface area contributed by atoms with Gasteiger partial charge in [0.2, 0.25) is 11.8 Å². The fourth-order valence-electron chi connectivity index (χ4n) is 3.14. The lowest BCUT2D eigenvalue weighted by atomic mass is 10.1. The quantitative estimate of drug-likeness (QED) is 0.501. The van der Waals surface area contributed by atoms with Crippen LogP contribution >= 0.6 is 11.8 Å². The first kappa shape index (κ1) is 22.6. The number of nitrogens with one attached hydrogen (secondary N) is 2. The number of aromatic amines is 1. The lowest BCUT2D eigenvalue weighted by Crippen LogP contribution is -2.30. The number of H-pyrrole nitrogens is 1. The van der Waals surface area contributed by atoms with Gasteiger partial charge >= 0.3 is 0 Å². The molecule has 3 aromatic rings. The van der Waals surface area contributed by atoms with E-state index in [0.29, 0.717) is 12.3 Å². The van der Waals surface area contributed by atoms with Gasteiger partial charge in [-0.05, 0) is 43.5 Å². The summed E-state index contributed by atoms with van der Waals surface area (Å²) in [5.74, 6) is 0.478. The van der Waals surface area contributed by atoms with Crippen molar-refractivity contribution in [3.63, 3.8) is 0 Å². The van der Waals surface area contributed by atoms with E-state index in [2.05, 4.69) is 21.6 Å². The molecule has 0 radical (unpaired) electrons. The number of carbonyl (C=O) groups excluding carboxylic acids is 2. The summed E-state index contributed by atoms with van der Waals surface area (Å²) >= 11 is 1.33. The summed E-state index contributed by atoms with van der Waals surface area (Å²) in [4.78, 5) is 26.1. The smallest absolute Gasteiger partial charge is 0.234 e. The average Bonchev–Trinajstić information content (AvgIpc) is 3.23. The molecule has 0 aliphatic heterocycles. The van der Waals surface area contributed by atoms with Crippen LogP contribution in [0.5, 0.6) is 0 Å². The number of rotatable bonds is 10. The number of hydrogen-bond acceptors (Lipinski definition) is 4. The molecule has 31 heavy (non-hydrogen) atoms. The van der Waals surface area contributed by atoms with Crippen LogP contribution in [-0.2, 0) is 16.0 Å². The molecule has 0 spiro atoms. The number of anilines is 1. The summed E-state index contributed by atoms with van der Waals surface area (Å²) in [7, 11) is 1.80. The Labute approximate surface area is 187 Å². The maximum atomic E-state index is 12.3. The van der Waals surface area contributed by atoms with Crippen molar-refractivity contribution in [2.75, 3.05) is 30.4 Å². The van der Waals surface area contributed by atoms with Crippen LogP contribution in [0.25, 0.3) is 11.3 Å². The zero-order chi connectivity index (χ0) is 22.1. The third-order valence-corrected chi connectivity index (χ3v) is 5.74. The molecule has 2 N–H and O–H groups in total. The molecule has 0 aliphatic rings. The monoisotopic (exact) mass is 436 g/mol. The highest BCUT2D eigenvalue weighted by Crippen LogP contribution is 2.17. The topological polar surface area (TPSA) is 78.1 Å². The predicted molar refractivity (Wildman–Crippen MR) is 127 cm³/mol. The van der Waals surface area contributed by atoms with E-state index in [0.717, 1.165) is 41.0 Å². The zero-order valence-electron chi connectivity index (χ0n) is 17.9. The molecule has 1 aromatic heterocycles. The van der Waals surface area contributed by atoms with Crippen molar-refractivity contribution in [2.24, 2.45) is 0 Å². The Hall–Kier alpha value is -3.06. The first-order valence-electron chi connectivity index (χ1n) is 10.3. The van der Waals surface area contributed by atoms with E-state index >= 15 is 0 Å². The van der Waals surface area contributed by atoms with Crippen LogP contribution in [0.3, 0.4) is 0 Å². The van der Waals surface area contributed by atoms with Crippen molar-refractivity contribution in [2.45, 2.75) is 19.8 Å². The molecule has 0 aliphatic carbocycles. The lowest BCUT2D eigenvalue weighted by Gasteiger charge is -2.16. The fraction of sp³-hybridized carbons (Fsp3) is 0.292. The molecule has 0 bridgehead atoms. The number of thioether (sulfide) groups is 1. The van der Waals surface area contributed by atoms with Crippen molar-refractivity contribution in [3.05, 3.63) is 71.9 Å². The molecular weight excluding hydrogens is 408 g/mol. The molecule has 2 aromatic carbocycles. The van der Waals surface area contributed by atoms with E-state index in [1.807, 2.05) is 61.5 Å². The van der Waals surface area contributed by atoms with Gasteiger partial charge in [-0.1, -0.05) is 42.5 Å². The Morgan fingerprint density at radius 3 is 2.65 bits per heavy atom. The van der Waals surface area contributed by atoms with Gasteiger partial charge in [-0.2, -0.15) is 5.10 Å². The second kappa shape index (κ2) is 11.4. The zero-order valence-corrected chi connectivity index (χ0v) is 18.7. The highest BCUT2D eigenvalue weighted by molar-refractivity contribution is 8.00. The number of benzene rings is 2. The Bertz CT molecular complexity index is 1000. The largest absolute Gasteiger partial charge is 0.345 e. The van der Waals surface area contributed by atoms with Gasteiger partial charge in [0.05, 0.1) is 17.2 Å². The summed E-state index contributed by atoms with van der Waals surface area (Å²) in [6, 6.07) is 19.8. The Kier molecular flexibility index (Phi) is 8.29. The van der Waals surface area contributed by atoms with Crippen LogP contribution in [0.1, 0.15) is 17.7 Å². The van der Waals surface area contributed by atoms with Crippen molar-refractivity contribution in [3.8, 4) is 11.3 Å². The molecule has 0 fully saturated rings. The van der Waals surface area contributed by atoms with Crippen molar-refractivity contribution in [1.29, 1.82) is 0 Å². The summed E-state index contributed by atoms with van der Waals surface area (Å²) in [6.45, 7) is 2.64. The number of nitrogens with zero attached hydrogens (tertiary/aromatic N) is 2. The lowest BCUT2D eigenvalue weighted by molar-refractivity contribution is -0.127. The molecule has 7 heteroatoms. The van der Waals surface area contributed by atoms with Crippen LogP contribution in [0.15, 0.2) is 60.7 Å². The molecule has 0 unspecified atom stereocenters. The van der Waals surface area contributed by atoms with Gasteiger partial charge in [0, 0.05) is 30.5 Å². The van der Waals surface area contributed by atoms with Crippen LogP contribution in [0.2, 0.25) is 0 Å². The summed E-state index contributed by atoms with van der Waals surface area (Å²) < 4.78 is 0. The van der Waals surface area contributed by atoms with E-state index < -0.39 is 0 Å². The molecule has 2 amide bonds. The minimum atomic E-state index is -0.0977. The van der Waals surface area contributed by atoms with Crippen LogP contribution in [-0.4, -0.2) is 52.0 Å². The second-order valence-corrected chi connectivity index (χ2v) is 8.46. The minimum Gasteiger partial charge on any atom is -0.345 e. The third kappa shape index (κ3) is 7.29. The molecule has 1 heterocycles. The second-order valence-electron chi connectivity index (χ2n) is 7.47. The molecule has 6 nitrogen and oxygen atoms in total.